The Balaban J connectivity index is 2.29. The van der Waals surface area contributed by atoms with Crippen LogP contribution in [0.2, 0.25) is 0 Å². The minimum atomic E-state index is -0.855. The molecule has 0 amide bonds. The topological polar surface area (TPSA) is 78.0 Å². The molecule has 12 heavy (non-hydrogen) atoms. The normalized spacial score (nSPS) is 10.1. The number of nitrogens with one attached hydrogen (secondary N) is 2. The van der Waals surface area contributed by atoms with E-state index in [0.717, 1.165) is 11.5 Å². The van der Waals surface area contributed by atoms with Crippen molar-refractivity contribution >= 4 is 5.97 Å². The molecule has 0 atom stereocenters. The van der Waals surface area contributed by atoms with Crippen LogP contribution in [0.1, 0.15) is 11.5 Å². The third-order valence-electron chi connectivity index (χ3n) is 1.35. The highest BCUT2D eigenvalue weighted by Gasteiger charge is 1.98. The van der Waals surface area contributed by atoms with Gasteiger partial charge >= 0.3 is 5.97 Å². The molecule has 3 N–H and O–H groups in total. The van der Waals surface area contributed by atoms with Crippen LogP contribution >= 0.6 is 0 Å². The van der Waals surface area contributed by atoms with Crippen LogP contribution < -0.4 is 5.32 Å². The van der Waals surface area contributed by atoms with Crippen LogP contribution in [0.3, 0.4) is 0 Å². The highest BCUT2D eigenvalue weighted by Crippen LogP contribution is 1.93. The summed E-state index contributed by atoms with van der Waals surface area (Å²) < 4.78 is 0. The Labute approximate surface area is 69.8 Å². The maximum Gasteiger partial charge on any atom is 0.317 e. The minimum Gasteiger partial charge on any atom is -0.480 e. The molecule has 0 saturated carbocycles. The zero-order chi connectivity index (χ0) is 8.97. The van der Waals surface area contributed by atoms with E-state index in [4.69, 9.17) is 5.11 Å². The summed E-state index contributed by atoms with van der Waals surface area (Å²) in [4.78, 5) is 17.1. The summed E-state index contributed by atoms with van der Waals surface area (Å²) in [6.07, 6.45) is 1.68. The smallest absolute Gasteiger partial charge is 0.317 e. The van der Waals surface area contributed by atoms with Crippen LogP contribution in [-0.4, -0.2) is 27.6 Å². The summed E-state index contributed by atoms with van der Waals surface area (Å²) in [6.45, 7) is 2.33. The summed E-state index contributed by atoms with van der Waals surface area (Å²) in [6, 6.07) is 0. The van der Waals surface area contributed by atoms with Gasteiger partial charge in [-0.1, -0.05) is 0 Å². The molecule has 5 nitrogen and oxygen atoms in total. The Kier molecular flexibility index (Phi) is 2.82. The Hall–Kier alpha value is -1.36. The number of carbonyl (C=O) groups is 1. The van der Waals surface area contributed by atoms with Crippen molar-refractivity contribution in [2.24, 2.45) is 0 Å². The summed E-state index contributed by atoms with van der Waals surface area (Å²) in [5.74, 6) is -0.0200. The van der Waals surface area contributed by atoms with Crippen LogP contribution in [0.15, 0.2) is 6.20 Å². The Morgan fingerprint density at radius 2 is 2.58 bits per heavy atom. The van der Waals surface area contributed by atoms with Gasteiger partial charge in [-0.2, -0.15) is 0 Å². The lowest BCUT2D eigenvalue weighted by molar-refractivity contribution is -0.135. The molecule has 0 fully saturated rings. The van der Waals surface area contributed by atoms with Crippen LogP contribution in [-0.2, 0) is 11.3 Å². The molecule has 0 radical (unpaired) electrons. The molecule has 0 aliphatic rings. The standard InChI is InChI=1S/C7H11N3O2/c1-5-9-3-6(10-5)2-8-4-7(11)12/h3,8H,2,4H2,1H3,(H,9,10)(H,11,12). The summed E-state index contributed by atoms with van der Waals surface area (Å²) in [7, 11) is 0. The largest absolute Gasteiger partial charge is 0.480 e. The van der Waals surface area contributed by atoms with Gasteiger partial charge in [0.25, 0.3) is 0 Å². The Bertz CT molecular complexity index is 269. The molecule has 0 bridgehead atoms. The first-order chi connectivity index (χ1) is 5.68. The van der Waals surface area contributed by atoms with E-state index >= 15 is 0 Å². The number of carboxylic acid groups (broad SMARTS) is 1. The molecule has 0 aliphatic carbocycles. The first-order valence-electron chi connectivity index (χ1n) is 3.61. The minimum absolute atomic E-state index is 0.0297. The lowest BCUT2D eigenvalue weighted by Crippen LogP contribution is -2.21. The molecule has 0 spiro atoms. The molecule has 1 aromatic rings. The number of rotatable bonds is 4. The third-order valence-corrected chi connectivity index (χ3v) is 1.35. The molecule has 0 unspecified atom stereocenters. The number of nitrogens with zero attached hydrogens (tertiary/aromatic N) is 1. The molecular weight excluding hydrogens is 158 g/mol. The molecule has 5 heteroatoms. The van der Waals surface area contributed by atoms with Crippen LogP contribution in [0, 0.1) is 6.92 Å². The van der Waals surface area contributed by atoms with Gasteiger partial charge in [0, 0.05) is 18.4 Å². The average molecular weight is 169 g/mol. The maximum absolute atomic E-state index is 10.1. The quantitative estimate of drug-likeness (QED) is 0.587. The highest BCUT2D eigenvalue weighted by molar-refractivity contribution is 5.68. The molecule has 0 aliphatic heterocycles. The Morgan fingerprint density at radius 1 is 1.83 bits per heavy atom. The molecule has 0 aromatic carbocycles. The summed E-state index contributed by atoms with van der Waals surface area (Å²) >= 11 is 0. The zero-order valence-corrected chi connectivity index (χ0v) is 6.79. The highest BCUT2D eigenvalue weighted by atomic mass is 16.4. The number of aromatic nitrogens is 2. The lowest BCUT2D eigenvalue weighted by atomic mass is 10.4. The Morgan fingerprint density at radius 3 is 3.08 bits per heavy atom. The number of carboxylic acids is 1. The van der Waals surface area contributed by atoms with Crippen LogP contribution in [0.5, 0.6) is 0 Å². The van der Waals surface area contributed by atoms with Gasteiger partial charge in [-0.25, -0.2) is 4.98 Å². The van der Waals surface area contributed by atoms with E-state index in [1.165, 1.54) is 0 Å². The van der Waals surface area contributed by atoms with Crippen molar-refractivity contribution in [1.82, 2.24) is 15.3 Å². The second kappa shape index (κ2) is 3.87. The predicted octanol–water partition coefficient (Wildman–Crippen LogP) is -0.108. The number of hydrogen-bond donors (Lipinski definition) is 3. The predicted molar refractivity (Wildman–Crippen MR) is 42.7 cm³/mol. The number of aryl methyl sites for hydroxylation is 1. The zero-order valence-electron chi connectivity index (χ0n) is 6.79. The van der Waals surface area contributed by atoms with E-state index in [-0.39, 0.29) is 6.54 Å². The van der Waals surface area contributed by atoms with Gasteiger partial charge < -0.3 is 15.4 Å². The van der Waals surface area contributed by atoms with Crippen molar-refractivity contribution in [1.29, 1.82) is 0 Å². The first-order valence-corrected chi connectivity index (χ1v) is 3.61. The van der Waals surface area contributed by atoms with E-state index in [0.29, 0.717) is 6.54 Å². The fraction of sp³-hybridized carbons (Fsp3) is 0.429. The van der Waals surface area contributed by atoms with Crippen LogP contribution in [0.4, 0.5) is 0 Å². The number of imidazole rings is 1. The molecule has 66 valence electrons. The van der Waals surface area contributed by atoms with Crippen molar-refractivity contribution < 1.29 is 9.90 Å². The van der Waals surface area contributed by atoms with Crippen molar-refractivity contribution in [3.05, 3.63) is 17.7 Å². The van der Waals surface area contributed by atoms with E-state index in [1.807, 2.05) is 6.92 Å². The van der Waals surface area contributed by atoms with Gasteiger partial charge in [-0.3, -0.25) is 4.79 Å². The van der Waals surface area contributed by atoms with Gasteiger partial charge in [0.2, 0.25) is 0 Å². The number of hydrogen-bond acceptors (Lipinski definition) is 3. The van der Waals surface area contributed by atoms with Gasteiger partial charge in [0.15, 0.2) is 0 Å². The van der Waals surface area contributed by atoms with Gasteiger partial charge in [0.05, 0.1) is 6.54 Å². The van der Waals surface area contributed by atoms with E-state index in [9.17, 15) is 4.79 Å². The fourth-order valence-electron chi connectivity index (χ4n) is 0.866. The molecular formula is C7H11N3O2. The van der Waals surface area contributed by atoms with Crippen molar-refractivity contribution in [2.45, 2.75) is 13.5 Å². The molecule has 1 rings (SSSR count). The molecule has 1 aromatic heterocycles. The summed E-state index contributed by atoms with van der Waals surface area (Å²) in [5.41, 5.74) is 0.897. The monoisotopic (exact) mass is 169 g/mol. The van der Waals surface area contributed by atoms with E-state index < -0.39 is 5.97 Å². The molecule has 0 saturated heterocycles. The van der Waals surface area contributed by atoms with Crippen LogP contribution in [0.25, 0.3) is 0 Å². The average Bonchev–Trinajstić information content (AvgIpc) is 2.35. The summed E-state index contributed by atoms with van der Waals surface area (Å²) in [5, 5.41) is 11.1. The third kappa shape index (κ3) is 2.71. The van der Waals surface area contributed by atoms with Gasteiger partial charge in [0.1, 0.15) is 5.82 Å². The first kappa shape index (κ1) is 8.73. The SMILES string of the molecule is Cc1ncc(CNCC(=O)O)[nH]1. The molecule has 1 heterocycles. The van der Waals surface area contributed by atoms with Gasteiger partial charge in [-0.15, -0.1) is 0 Å². The van der Waals surface area contributed by atoms with E-state index in [2.05, 4.69) is 15.3 Å². The number of H-pyrrole nitrogens is 1. The van der Waals surface area contributed by atoms with Gasteiger partial charge in [-0.05, 0) is 6.92 Å². The number of aliphatic carboxylic acids is 1. The second-order valence-corrected chi connectivity index (χ2v) is 2.49. The van der Waals surface area contributed by atoms with Crippen molar-refractivity contribution in [2.75, 3.05) is 6.54 Å². The fourth-order valence-corrected chi connectivity index (χ4v) is 0.866. The van der Waals surface area contributed by atoms with E-state index in [1.54, 1.807) is 6.20 Å². The second-order valence-electron chi connectivity index (χ2n) is 2.49. The number of aromatic amines is 1. The lowest BCUT2D eigenvalue weighted by Gasteiger charge is -1.97. The maximum atomic E-state index is 10.1. The van der Waals surface area contributed by atoms with Crippen molar-refractivity contribution in [3.63, 3.8) is 0 Å². The van der Waals surface area contributed by atoms with Crippen molar-refractivity contribution in [3.8, 4) is 0 Å².